The number of hydrogen-bond donors (Lipinski definition) is 7. The minimum Gasteiger partial charge on any atom is -0.508 e. The van der Waals surface area contributed by atoms with E-state index in [1.54, 1.807) is 12.1 Å². The number of carboxylic acids is 1. The number of aliphatic carboxylic acids is 1. The zero-order chi connectivity index (χ0) is 31.4. The van der Waals surface area contributed by atoms with E-state index < -0.39 is 60.8 Å². The number of phenols is 1. The van der Waals surface area contributed by atoms with Crippen molar-refractivity contribution in [2.24, 2.45) is 11.7 Å². The molecule has 0 fully saturated rings. The van der Waals surface area contributed by atoms with Crippen LogP contribution in [0.5, 0.6) is 5.75 Å². The van der Waals surface area contributed by atoms with Crippen LogP contribution in [0.4, 0.5) is 0 Å². The topological polar surface area (TPSA) is 200 Å². The first-order valence-corrected chi connectivity index (χ1v) is 13.7. The Kier molecular flexibility index (Phi) is 12.9. The summed E-state index contributed by atoms with van der Waals surface area (Å²) in [6, 6.07) is 8.70. The molecule has 0 aromatic heterocycles. The first-order chi connectivity index (χ1) is 19.8. The summed E-state index contributed by atoms with van der Waals surface area (Å²) in [7, 11) is 0. The summed E-state index contributed by atoms with van der Waals surface area (Å²) < 4.78 is 0. The van der Waals surface area contributed by atoms with Gasteiger partial charge in [-0.05, 0) is 67.0 Å². The van der Waals surface area contributed by atoms with E-state index in [1.165, 1.54) is 12.1 Å². The quantitative estimate of drug-likeness (QED) is 0.157. The van der Waals surface area contributed by atoms with Crippen LogP contribution in [0.2, 0.25) is 0 Å². The van der Waals surface area contributed by atoms with Gasteiger partial charge < -0.3 is 37.2 Å². The highest BCUT2D eigenvalue weighted by molar-refractivity contribution is 5.93. The molecule has 0 saturated carbocycles. The lowest BCUT2D eigenvalue weighted by Gasteiger charge is -2.24. The molecule has 0 aliphatic carbocycles. The van der Waals surface area contributed by atoms with Crippen LogP contribution in [0.25, 0.3) is 0 Å². The number of aromatic hydroxyl groups is 1. The third-order valence-electron chi connectivity index (χ3n) is 6.62. The van der Waals surface area contributed by atoms with E-state index in [-0.39, 0.29) is 30.9 Å². The van der Waals surface area contributed by atoms with E-state index in [2.05, 4.69) is 21.3 Å². The summed E-state index contributed by atoms with van der Waals surface area (Å²) in [5, 5.41) is 28.9. The Balaban J connectivity index is 1.97. The van der Waals surface area contributed by atoms with Crippen molar-refractivity contribution in [3.05, 3.63) is 64.7 Å². The monoisotopic (exact) mass is 583 g/mol. The molecule has 3 unspecified atom stereocenters. The second-order valence-electron chi connectivity index (χ2n) is 10.7. The standard InChI is InChI=1S/C30H41N5O7/c1-17(2)12-25(30(41)42)35-29(40)24(14-22-18(3)6-5-7-19(22)4)34-27(38)16-32-26(37)15-33-28(39)23(31)13-20-8-10-21(36)11-9-20/h5-11,17,23-25,36H,12-16,31H2,1-4H3,(H,32,37)(H,33,39)(H,34,38)(H,35,40)(H,41,42). The Morgan fingerprint density at radius 2 is 1.38 bits per heavy atom. The molecular formula is C30H41N5O7. The number of amides is 4. The smallest absolute Gasteiger partial charge is 0.326 e. The zero-order valence-corrected chi connectivity index (χ0v) is 24.4. The molecule has 0 heterocycles. The van der Waals surface area contributed by atoms with Crippen LogP contribution in [0, 0.1) is 19.8 Å². The molecule has 2 rings (SSSR count). The maximum atomic E-state index is 13.2. The number of nitrogens with two attached hydrogens (primary N) is 1. The van der Waals surface area contributed by atoms with Gasteiger partial charge in [0.05, 0.1) is 19.1 Å². The molecule has 2 aromatic carbocycles. The molecule has 0 spiro atoms. The van der Waals surface area contributed by atoms with E-state index in [1.807, 2.05) is 45.9 Å². The zero-order valence-electron chi connectivity index (χ0n) is 24.4. The predicted octanol–water partition coefficient (Wildman–Crippen LogP) is 0.454. The van der Waals surface area contributed by atoms with Gasteiger partial charge in [-0.3, -0.25) is 19.2 Å². The average molecular weight is 584 g/mol. The number of phenolic OH excluding ortho intramolecular Hbond substituents is 1. The first kappa shape index (κ1) is 33.8. The van der Waals surface area contributed by atoms with E-state index in [0.29, 0.717) is 0 Å². The summed E-state index contributed by atoms with van der Waals surface area (Å²) in [5.41, 5.74) is 9.28. The number of carbonyl (C=O) groups excluding carboxylic acids is 4. The van der Waals surface area contributed by atoms with Crippen molar-refractivity contribution >= 4 is 29.6 Å². The molecule has 0 radical (unpaired) electrons. The number of hydrogen-bond acceptors (Lipinski definition) is 7. The number of benzene rings is 2. The third kappa shape index (κ3) is 11.2. The van der Waals surface area contributed by atoms with Crippen molar-refractivity contribution in [2.45, 2.75) is 65.1 Å². The first-order valence-electron chi connectivity index (χ1n) is 13.7. The van der Waals surface area contributed by atoms with Crippen molar-refractivity contribution in [3.63, 3.8) is 0 Å². The van der Waals surface area contributed by atoms with Crippen LogP contribution >= 0.6 is 0 Å². The highest BCUT2D eigenvalue weighted by Gasteiger charge is 2.28. The summed E-state index contributed by atoms with van der Waals surface area (Å²) in [6.07, 6.45) is 0.526. The molecular weight excluding hydrogens is 542 g/mol. The van der Waals surface area contributed by atoms with Crippen molar-refractivity contribution < 1.29 is 34.2 Å². The molecule has 12 heteroatoms. The Labute approximate surface area is 245 Å². The molecule has 2 aromatic rings. The summed E-state index contributed by atoms with van der Waals surface area (Å²) in [5.74, 6) is -3.61. The second kappa shape index (κ2) is 16.1. The van der Waals surface area contributed by atoms with Gasteiger partial charge >= 0.3 is 5.97 Å². The Morgan fingerprint density at radius 1 is 0.786 bits per heavy atom. The molecule has 0 bridgehead atoms. The van der Waals surface area contributed by atoms with Crippen molar-refractivity contribution in [3.8, 4) is 5.75 Å². The molecule has 42 heavy (non-hydrogen) atoms. The average Bonchev–Trinajstić information content (AvgIpc) is 2.92. The molecule has 3 atom stereocenters. The number of carbonyl (C=O) groups is 5. The maximum absolute atomic E-state index is 13.2. The number of nitrogens with one attached hydrogen (secondary N) is 4. The fourth-order valence-corrected chi connectivity index (χ4v) is 4.31. The summed E-state index contributed by atoms with van der Waals surface area (Å²) in [6.45, 7) is 6.54. The van der Waals surface area contributed by atoms with Crippen LogP contribution in [-0.4, -0.2) is 71.0 Å². The van der Waals surface area contributed by atoms with Gasteiger partial charge in [0.25, 0.3) is 0 Å². The van der Waals surface area contributed by atoms with Crippen LogP contribution in [0.15, 0.2) is 42.5 Å². The molecule has 0 aliphatic heterocycles. The third-order valence-corrected chi connectivity index (χ3v) is 6.62. The van der Waals surface area contributed by atoms with Gasteiger partial charge in [-0.25, -0.2) is 4.79 Å². The summed E-state index contributed by atoms with van der Waals surface area (Å²) >= 11 is 0. The fourth-order valence-electron chi connectivity index (χ4n) is 4.31. The molecule has 0 aliphatic rings. The SMILES string of the molecule is Cc1cccc(C)c1CC(NC(=O)CNC(=O)CNC(=O)C(N)Cc1ccc(O)cc1)C(=O)NC(CC(C)C)C(=O)O. The van der Waals surface area contributed by atoms with Gasteiger partial charge in [-0.1, -0.05) is 44.2 Å². The highest BCUT2D eigenvalue weighted by atomic mass is 16.4. The minimum atomic E-state index is -1.17. The number of aryl methyl sites for hydroxylation is 2. The van der Waals surface area contributed by atoms with Crippen molar-refractivity contribution in [1.82, 2.24) is 21.3 Å². The number of carboxylic acid groups (broad SMARTS) is 1. The van der Waals surface area contributed by atoms with E-state index in [4.69, 9.17) is 5.73 Å². The largest absolute Gasteiger partial charge is 0.508 e. The van der Waals surface area contributed by atoms with E-state index in [9.17, 15) is 34.2 Å². The number of rotatable bonds is 15. The van der Waals surface area contributed by atoms with Gasteiger partial charge in [0.1, 0.15) is 17.8 Å². The van der Waals surface area contributed by atoms with E-state index >= 15 is 0 Å². The predicted molar refractivity (Wildman–Crippen MR) is 156 cm³/mol. The van der Waals surface area contributed by atoms with Gasteiger partial charge in [0.15, 0.2) is 0 Å². The van der Waals surface area contributed by atoms with Gasteiger partial charge in [-0.2, -0.15) is 0 Å². The molecule has 0 saturated heterocycles. The Hall–Kier alpha value is -4.45. The Bertz CT molecular complexity index is 1240. The lowest BCUT2D eigenvalue weighted by molar-refractivity contribution is -0.142. The van der Waals surface area contributed by atoms with Crippen molar-refractivity contribution in [1.29, 1.82) is 0 Å². The van der Waals surface area contributed by atoms with Crippen LogP contribution in [0.3, 0.4) is 0 Å². The van der Waals surface area contributed by atoms with Crippen LogP contribution < -0.4 is 27.0 Å². The van der Waals surface area contributed by atoms with Gasteiger partial charge in [0.2, 0.25) is 23.6 Å². The lowest BCUT2D eigenvalue weighted by atomic mass is 9.95. The van der Waals surface area contributed by atoms with Gasteiger partial charge in [0, 0.05) is 6.42 Å². The fraction of sp³-hybridized carbons (Fsp3) is 0.433. The Morgan fingerprint density at radius 3 is 1.95 bits per heavy atom. The molecule has 228 valence electrons. The van der Waals surface area contributed by atoms with Crippen LogP contribution in [0.1, 0.15) is 42.5 Å². The second-order valence-corrected chi connectivity index (χ2v) is 10.7. The molecule has 4 amide bonds. The lowest BCUT2D eigenvalue weighted by Crippen LogP contribution is -2.54. The molecule has 8 N–H and O–H groups in total. The van der Waals surface area contributed by atoms with Gasteiger partial charge in [-0.15, -0.1) is 0 Å². The highest BCUT2D eigenvalue weighted by Crippen LogP contribution is 2.16. The normalized spacial score (nSPS) is 13.0. The van der Waals surface area contributed by atoms with Crippen LogP contribution in [-0.2, 0) is 36.8 Å². The van der Waals surface area contributed by atoms with Crippen molar-refractivity contribution in [2.75, 3.05) is 13.1 Å². The maximum Gasteiger partial charge on any atom is 0.326 e. The van der Waals surface area contributed by atoms with E-state index in [0.717, 1.165) is 22.3 Å². The molecule has 12 nitrogen and oxygen atoms in total. The summed E-state index contributed by atoms with van der Waals surface area (Å²) in [4.78, 5) is 62.2. The minimum absolute atomic E-state index is 0.0103.